The molecule has 1 fully saturated rings. The number of piperidine rings is 1. The maximum atomic E-state index is 14.4. The van der Waals surface area contributed by atoms with E-state index in [1.807, 2.05) is 66.9 Å². The number of benzene rings is 2. The van der Waals surface area contributed by atoms with Crippen LogP contribution in [0.15, 0.2) is 55.2 Å². The van der Waals surface area contributed by atoms with Crippen LogP contribution in [0, 0.1) is 6.92 Å². The fraction of sp³-hybridized carbons (Fsp3) is 0.296. The second kappa shape index (κ2) is 9.82. The van der Waals surface area contributed by atoms with Gasteiger partial charge in [0.15, 0.2) is 5.82 Å². The van der Waals surface area contributed by atoms with Gasteiger partial charge in [-0.05, 0) is 56.3 Å². The zero-order valence-electron chi connectivity index (χ0n) is 21.3. The van der Waals surface area contributed by atoms with Gasteiger partial charge in [0.2, 0.25) is 0 Å². The minimum absolute atomic E-state index is 0.100. The quantitative estimate of drug-likeness (QED) is 0.349. The number of aryl methyl sites for hydroxylation is 2. The largest absolute Gasteiger partial charge is 0.457 e. The van der Waals surface area contributed by atoms with Crippen LogP contribution in [0.2, 0.25) is 0 Å². The van der Waals surface area contributed by atoms with Gasteiger partial charge in [-0.15, -0.1) is 0 Å². The molecule has 6 rings (SSSR count). The number of anilines is 2. The second-order valence-electron chi connectivity index (χ2n) is 9.55. The number of nitrogens with zero attached hydrogens (tertiary/aromatic N) is 7. The Morgan fingerprint density at radius 3 is 2.79 bits per heavy atom. The van der Waals surface area contributed by atoms with Crippen LogP contribution in [0.3, 0.4) is 0 Å². The standard InChI is InChI=1S/C27H27FN8O2/c1-16-10-17(4-7-23(16)37-18-5-6-22-20(11-18)32-15-36(22)3)33-26-25-21(30-14-31-26)12-29-27(34-25)38-24-13-35(2)9-8-19(24)28/h4-7,10-12,14-15,19,24H,8-9,13H2,1-3H3,(H,30,31,33)/t19-,24+/m1/s1. The van der Waals surface area contributed by atoms with Crippen LogP contribution in [-0.2, 0) is 7.05 Å². The molecule has 1 N–H and O–H groups in total. The zero-order chi connectivity index (χ0) is 26.2. The number of hydrogen-bond donors (Lipinski definition) is 1. The molecule has 0 radical (unpaired) electrons. The van der Waals surface area contributed by atoms with E-state index < -0.39 is 12.3 Å². The minimum Gasteiger partial charge on any atom is -0.457 e. The summed E-state index contributed by atoms with van der Waals surface area (Å²) in [6, 6.07) is 11.7. The lowest BCUT2D eigenvalue weighted by Gasteiger charge is -2.31. The Bertz CT molecular complexity index is 1620. The summed E-state index contributed by atoms with van der Waals surface area (Å²) in [7, 11) is 3.90. The predicted octanol–water partition coefficient (Wildman–Crippen LogP) is 4.57. The van der Waals surface area contributed by atoms with Crippen molar-refractivity contribution in [2.75, 3.05) is 25.5 Å². The maximum Gasteiger partial charge on any atom is 0.317 e. The van der Waals surface area contributed by atoms with Crippen molar-refractivity contribution in [2.24, 2.45) is 7.05 Å². The molecule has 10 nitrogen and oxygen atoms in total. The summed E-state index contributed by atoms with van der Waals surface area (Å²) in [4.78, 5) is 23.8. The summed E-state index contributed by atoms with van der Waals surface area (Å²) in [5.74, 6) is 1.94. The Hall–Kier alpha value is -4.38. The number of ether oxygens (including phenoxy) is 2. The third kappa shape index (κ3) is 4.80. The van der Waals surface area contributed by atoms with Gasteiger partial charge in [0.25, 0.3) is 0 Å². The van der Waals surface area contributed by atoms with Crippen LogP contribution in [0.25, 0.3) is 22.1 Å². The molecular weight excluding hydrogens is 487 g/mol. The van der Waals surface area contributed by atoms with Gasteiger partial charge in [-0.25, -0.2) is 24.3 Å². The summed E-state index contributed by atoms with van der Waals surface area (Å²) < 4.78 is 28.3. The molecule has 0 bridgehead atoms. The number of rotatable bonds is 6. The van der Waals surface area contributed by atoms with E-state index in [-0.39, 0.29) is 6.01 Å². The lowest BCUT2D eigenvalue weighted by Crippen LogP contribution is -2.46. The van der Waals surface area contributed by atoms with E-state index in [2.05, 4.69) is 30.2 Å². The van der Waals surface area contributed by atoms with Gasteiger partial charge < -0.3 is 24.3 Å². The van der Waals surface area contributed by atoms with Crippen LogP contribution < -0.4 is 14.8 Å². The van der Waals surface area contributed by atoms with Gasteiger partial charge in [-0.2, -0.15) is 4.98 Å². The Morgan fingerprint density at radius 2 is 1.92 bits per heavy atom. The smallest absolute Gasteiger partial charge is 0.317 e. The summed E-state index contributed by atoms with van der Waals surface area (Å²) >= 11 is 0. The Kier molecular flexibility index (Phi) is 6.20. The van der Waals surface area contributed by atoms with E-state index >= 15 is 0 Å². The molecule has 0 spiro atoms. The van der Waals surface area contributed by atoms with Crippen molar-refractivity contribution in [3.8, 4) is 17.5 Å². The summed E-state index contributed by atoms with van der Waals surface area (Å²) in [5, 5.41) is 3.30. The fourth-order valence-corrected chi connectivity index (χ4v) is 4.56. The van der Waals surface area contributed by atoms with Crippen molar-refractivity contribution in [1.29, 1.82) is 0 Å². The molecule has 4 heterocycles. The van der Waals surface area contributed by atoms with Crippen LogP contribution in [-0.4, -0.2) is 66.8 Å². The van der Waals surface area contributed by atoms with E-state index in [0.29, 0.717) is 42.1 Å². The number of halogens is 1. The minimum atomic E-state index is -1.07. The Morgan fingerprint density at radius 1 is 1.03 bits per heavy atom. The van der Waals surface area contributed by atoms with Gasteiger partial charge in [-0.1, -0.05) is 0 Å². The highest BCUT2D eigenvalue weighted by molar-refractivity contribution is 5.86. The summed E-state index contributed by atoms with van der Waals surface area (Å²) in [6.45, 7) is 3.15. The molecule has 194 valence electrons. The van der Waals surface area contributed by atoms with Crippen LogP contribution in [0.4, 0.5) is 15.9 Å². The van der Waals surface area contributed by atoms with Crippen molar-refractivity contribution in [2.45, 2.75) is 25.6 Å². The van der Waals surface area contributed by atoms with Gasteiger partial charge in [0, 0.05) is 31.9 Å². The maximum absolute atomic E-state index is 14.4. The topological polar surface area (TPSA) is 103 Å². The lowest BCUT2D eigenvalue weighted by molar-refractivity contribution is 0.0239. The Labute approximate surface area is 218 Å². The molecule has 0 aliphatic carbocycles. The first-order valence-corrected chi connectivity index (χ1v) is 12.4. The molecule has 1 aliphatic rings. The molecular formula is C27H27FN8O2. The molecule has 2 aromatic carbocycles. The fourth-order valence-electron chi connectivity index (χ4n) is 4.56. The van der Waals surface area contributed by atoms with E-state index in [4.69, 9.17) is 9.47 Å². The number of hydrogen-bond acceptors (Lipinski definition) is 9. The molecule has 38 heavy (non-hydrogen) atoms. The van der Waals surface area contributed by atoms with E-state index in [0.717, 1.165) is 28.0 Å². The number of imidazole rings is 1. The molecule has 3 aromatic heterocycles. The third-order valence-corrected chi connectivity index (χ3v) is 6.66. The first kappa shape index (κ1) is 24.0. The molecule has 2 atom stereocenters. The second-order valence-corrected chi connectivity index (χ2v) is 9.55. The monoisotopic (exact) mass is 514 g/mol. The number of nitrogens with one attached hydrogen (secondary N) is 1. The van der Waals surface area contributed by atoms with Gasteiger partial charge in [0.1, 0.15) is 41.1 Å². The van der Waals surface area contributed by atoms with Crippen molar-refractivity contribution >= 4 is 33.6 Å². The lowest BCUT2D eigenvalue weighted by atomic mass is 10.1. The summed E-state index contributed by atoms with van der Waals surface area (Å²) in [6.07, 6.45) is 3.52. The highest BCUT2D eigenvalue weighted by atomic mass is 19.1. The van der Waals surface area contributed by atoms with E-state index in [1.54, 1.807) is 12.5 Å². The average Bonchev–Trinajstić information content (AvgIpc) is 3.28. The molecule has 1 aliphatic heterocycles. The molecule has 11 heteroatoms. The number of fused-ring (bicyclic) bond motifs is 2. The zero-order valence-corrected chi connectivity index (χ0v) is 21.3. The molecule has 5 aromatic rings. The number of alkyl halides is 1. The molecule has 0 amide bonds. The van der Waals surface area contributed by atoms with Crippen molar-refractivity contribution in [1.82, 2.24) is 34.4 Å². The van der Waals surface area contributed by atoms with Crippen LogP contribution >= 0.6 is 0 Å². The number of aromatic nitrogens is 6. The van der Waals surface area contributed by atoms with Crippen LogP contribution in [0.5, 0.6) is 17.5 Å². The predicted molar refractivity (Wildman–Crippen MR) is 142 cm³/mol. The van der Waals surface area contributed by atoms with E-state index in [9.17, 15) is 4.39 Å². The number of likely N-dealkylation sites (tertiary alicyclic amines) is 1. The highest BCUT2D eigenvalue weighted by Crippen LogP contribution is 2.31. The first-order chi connectivity index (χ1) is 18.4. The molecule has 1 saturated heterocycles. The SMILES string of the molecule is Cc1cc(Nc2ncnc3cnc(O[C@H]4CN(C)CC[C@H]4F)nc23)ccc1Oc1ccc2c(c1)ncn2C. The van der Waals surface area contributed by atoms with Gasteiger partial charge in [0.05, 0.1) is 23.6 Å². The molecule has 0 saturated carbocycles. The third-order valence-electron chi connectivity index (χ3n) is 6.66. The normalized spacial score (nSPS) is 18.1. The first-order valence-electron chi connectivity index (χ1n) is 12.4. The highest BCUT2D eigenvalue weighted by Gasteiger charge is 2.30. The van der Waals surface area contributed by atoms with Gasteiger partial charge in [-0.3, -0.25) is 0 Å². The molecule has 0 unspecified atom stereocenters. The van der Waals surface area contributed by atoms with Crippen molar-refractivity contribution in [3.63, 3.8) is 0 Å². The average molecular weight is 515 g/mol. The van der Waals surface area contributed by atoms with E-state index in [1.165, 1.54) is 6.33 Å². The summed E-state index contributed by atoms with van der Waals surface area (Å²) in [5.41, 5.74) is 4.68. The van der Waals surface area contributed by atoms with Gasteiger partial charge >= 0.3 is 6.01 Å². The van der Waals surface area contributed by atoms with Crippen molar-refractivity contribution in [3.05, 3.63) is 60.8 Å². The van der Waals surface area contributed by atoms with Crippen LogP contribution in [0.1, 0.15) is 12.0 Å². The number of likely N-dealkylation sites (N-methyl/N-ethyl adjacent to an activating group) is 1. The Balaban J connectivity index is 1.22. The van der Waals surface area contributed by atoms with Crippen molar-refractivity contribution < 1.29 is 13.9 Å².